The summed E-state index contributed by atoms with van der Waals surface area (Å²) in [5.74, 6) is -0.185. The second-order valence-electron chi connectivity index (χ2n) is 4.38. The highest BCUT2D eigenvalue weighted by atomic mass is 127. The predicted octanol–water partition coefficient (Wildman–Crippen LogP) is 3.98. The van der Waals surface area contributed by atoms with Crippen LogP contribution in [0.25, 0.3) is 0 Å². The van der Waals surface area contributed by atoms with Crippen molar-refractivity contribution in [1.29, 1.82) is 0 Å². The van der Waals surface area contributed by atoms with E-state index in [9.17, 15) is 4.39 Å². The molecule has 0 spiro atoms. The van der Waals surface area contributed by atoms with Gasteiger partial charge in [-0.2, -0.15) is 0 Å². The van der Waals surface area contributed by atoms with Gasteiger partial charge >= 0.3 is 0 Å². The van der Waals surface area contributed by atoms with Crippen LogP contribution < -0.4 is 5.73 Å². The molecule has 2 N–H and O–H groups in total. The maximum Gasteiger partial charge on any atom is 0.126 e. The van der Waals surface area contributed by atoms with E-state index in [4.69, 9.17) is 5.73 Å². The van der Waals surface area contributed by atoms with E-state index in [1.807, 2.05) is 18.2 Å². The summed E-state index contributed by atoms with van der Waals surface area (Å²) in [7, 11) is 0. The van der Waals surface area contributed by atoms with Crippen LogP contribution in [0.4, 0.5) is 4.39 Å². The first kappa shape index (κ1) is 13.5. The van der Waals surface area contributed by atoms with E-state index in [0.717, 1.165) is 5.56 Å². The molecule has 0 saturated heterocycles. The summed E-state index contributed by atoms with van der Waals surface area (Å²) in [6.07, 6.45) is 0.520. The third-order valence-electron chi connectivity index (χ3n) is 3.02. The number of benzene rings is 2. The SMILES string of the molecule is Cc1cccc(C(N)Cc2ccccc2F)c1I. The Balaban J connectivity index is 2.25. The Morgan fingerprint density at radius 2 is 1.89 bits per heavy atom. The Labute approximate surface area is 120 Å². The first-order valence-corrected chi connectivity index (χ1v) is 6.91. The number of halogens is 2. The highest BCUT2D eigenvalue weighted by Gasteiger charge is 2.13. The average Bonchev–Trinajstić information content (AvgIpc) is 2.35. The van der Waals surface area contributed by atoms with E-state index >= 15 is 0 Å². The molecule has 1 unspecified atom stereocenters. The van der Waals surface area contributed by atoms with Crippen LogP contribution in [0.3, 0.4) is 0 Å². The highest BCUT2D eigenvalue weighted by Crippen LogP contribution is 2.24. The van der Waals surface area contributed by atoms with E-state index in [-0.39, 0.29) is 11.9 Å². The van der Waals surface area contributed by atoms with Crippen molar-refractivity contribution in [3.05, 3.63) is 68.5 Å². The summed E-state index contributed by atoms with van der Waals surface area (Å²) in [5, 5.41) is 0. The second kappa shape index (κ2) is 5.80. The molecule has 2 rings (SSSR count). The molecule has 18 heavy (non-hydrogen) atoms. The molecule has 1 atom stereocenters. The summed E-state index contributed by atoms with van der Waals surface area (Å²) >= 11 is 2.30. The van der Waals surface area contributed by atoms with Crippen LogP contribution in [-0.4, -0.2) is 0 Å². The fraction of sp³-hybridized carbons (Fsp3) is 0.200. The highest BCUT2D eigenvalue weighted by molar-refractivity contribution is 14.1. The van der Waals surface area contributed by atoms with Crippen LogP contribution in [0.15, 0.2) is 42.5 Å². The quantitative estimate of drug-likeness (QED) is 0.829. The molecule has 0 aliphatic carbocycles. The lowest BCUT2D eigenvalue weighted by molar-refractivity contribution is 0.593. The third-order valence-corrected chi connectivity index (χ3v) is 4.49. The Morgan fingerprint density at radius 1 is 1.17 bits per heavy atom. The Morgan fingerprint density at radius 3 is 2.61 bits per heavy atom. The van der Waals surface area contributed by atoms with Gasteiger partial charge in [-0.15, -0.1) is 0 Å². The van der Waals surface area contributed by atoms with Crippen LogP contribution in [0, 0.1) is 16.3 Å². The predicted molar refractivity (Wildman–Crippen MR) is 80.9 cm³/mol. The molecule has 2 aromatic rings. The Kier molecular flexibility index (Phi) is 4.35. The summed E-state index contributed by atoms with van der Waals surface area (Å²) in [6, 6.07) is 12.7. The van der Waals surface area contributed by atoms with Crippen molar-refractivity contribution in [2.75, 3.05) is 0 Å². The maximum absolute atomic E-state index is 13.6. The molecule has 1 nitrogen and oxygen atoms in total. The zero-order chi connectivity index (χ0) is 13.1. The maximum atomic E-state index is 13.6. The second-order valence-corrected chi connectivity index (χ2v) is 5.46. The van der Waals surface area contributed by atoms with Crippen molar-refractivity contribution in [3.63, 3.8) is 0 Å². The number of nitrogens with two attached hydrogens (primary N) is 1. The Hall–Kier alpha value is -0.940. The van der Waals surface area contributed by atoms with Crippen molar-refractivity contribution >= 4 is 22.6 Å². The van der Waals surface area contributed by atoms with Crippen molar-refractivity contribution in [2.24, 2.45) is 5.73 Å². The monoisotopic (exact) mass is 355 g/mol. The molecule has 0 bridgehead atoms. The number of hydrogen-bond acceptors (Lipinski definition) is 1. The minimum absolute atomic E-state index is 0.172. The number of aryl methyl sites for hydroxylation is 1. The van der Waals surface area contributed by atoms with Gasteiger partial charge < -0.3 is 5.73 Å². The van der Waals surface area contributed by atoms with E-state index in [1.54, 1.807) is 12.1 Å². The summed E-state index contributed by atoms with van der Waals surface area (Å²) < 4.78 is 14.8. The number of rotatable bonds is 3. The fourth-order valence-corrected chi connectivity index (χ4v) is 2.73. The minimum Gasteiger partial charge on any atom is -0.324 e. The number of hydrogen-bond donors (Lipinski definition) is 1. The zero-order valence-corrected chi connectivity index (χ0v) is 12.3. The lowest BCUT2D eigenvalue weighted by atomic mass is 9.98. The van der Waals surface area contributed by atoms with E-state index in [1.165, 1.54) is 15.2 Å². The molecule has 0 heterocycles. The van der Waals surface area contributed by atoms with Crippen LogP contribution in [0.5, 0.6) is 0 Å². The van der Waals surface area contributed by atoms with Gasteiger partial charge in [-0.05, 0) is 58.7 Å². The van der Waals surface area contributed by atoms with Crippen LogP contribution in [-0.2, 0) is 6.42 Å². The molecular formula is C15H15FIN. The fourth-order valence-electron chi connectivity index (χ4n) is 1.97. The lowest BCUT2D eigenvalue weighted by Crippen LogP contribution is -2.15. The molecule has 0 amide bonds. The van der Waals surface area contributed by atoms with E-state index < -0.39 is 0 Å². The standard InChI is InChI=1S/C15H15FIN/c1-10-5-4-7-12(15(10)17)14(18)9-11-6-2-3-8-13(11)16/h2-8,14H,9,18H2,1H3. The van der Waals surface area contributed by atoms with Crippen LogP contribution >= 0.6 is 22.6 Å². The summed E-state index contributed by atoms with van der Waals surface area (Å²) in [6.45, 7) is 2.06. The van der Waals surface area contributed by atoms with Gasteiger partial charge in [0.2, 0.25) is 0 Å². The summed E-state index contributed by atoms with van der Waals surface area (Å²) in [5.41, 5.74) is 9.15. The molecule has 2 aromatic carbocycles. The van der Waals surface area contributed by atoms with Gasteiger partial charge in [0, 0.05) is 9.61 Å². The van der Waals surface area contributed by atoms with Gasteiger partial charge in [0.25, 0.3) is 0 Å². The van der Waals surface area contributed by atoms with Crippen molar-refractivity contribution in [2.45, 2.75) is 19.4 Å². The average molecular weight is 355 g/mol. The zero-order valence-electron chi connectivity index (χ0n) is 10.2. The first-order chi connectivity index (χ1) is 8.59. The normalized spacial score (nSPS) is 12.4. The van der Waals surface area contributed by atoms with Gasteiger partial charge in [-0.3, -0.25) is 0 Å². The van der Waals surface area contributed by atoms with E-state index in [2.05, 4.69) is 35.6 Å². The summed E-state index contributed by atoms with van der Waals surface area (Å²) in [4.78, 5) is 0. The van der Waals surface area contributed by atoms with Gasteiger partial charge in [-0.1, -0.05) is 36.4 Å². The van der Waals surface area contributed by atoms with Crippen molar-refractivity contribution < 1.29 is 4.39 Å². The van der Waals surface area contributed by atoms with Crippen molar-refractivity contribution in [1.82, 2.24) is 0 Å². The van der Waals surface area contributed by atoms with Crippen LogP contribution in [0.1, 0.15) is 22.7 Å². The minimum atomic E-state index is -0.185. The third kappa shape index (κ3) is 2.90. The smallest absolute Gasteiger partial charge is 0.126 e. The largest absolute Gasteiger partial charge is 0.324 e. The van der Waals surface area contributed by atoms with Crippen LogP contribution in [0.2, 0.25) is 0 Å². The molecule has 0 fully saturated rings. The molecule has 94 valence electrons. The van der Waals surface area contributed by atoms with Gasteiger partial charge in [0.1, 0.15) is 5.82 Å². The Bertz CT molecular complexity index is 554. The molecule has 0 radical (unpaired) electrons. The van der Waals surface area contributed by atoms with E-state index in [0.29, 0.717) is 12.0 Å². The topological polar surface area (TPSA) is 26.0 Å². The lowest BCUT2D eigenvalue weighted by Gasteiger charge is -2.15. The molecule has 3 heteroatoms. The molecule has 0 saturated carbocycles. The molecular weight excluding hydrogens is 340 g/mol. The van der Waals surface area contributed by atoms with Gasteiger partial charge in [-0.25, -0.2) is 4.39 Å². The molecule has 0 aromatic heterocycles. The molecule has 0 aliphatic heterocycles. The molecule has 0 aliphatic rings. The first-order valence-electron chi connectivity index (χ1n) is 5.83. The van der Waals surface area contributed by atoms with Gasteiger partial charge in [0.15, 0.2) is 0 Å². The van der Waals surface area contributed by atoms with Crippen molar-refractivity contribution in [3.8, 4) is 0 Å². The van der Waals surface area contributed by atoms with Gasteiger partial charge in [0.05, 0.1) is 0 Å².